The molecule has 2 unspecified atom stereocenters. The van der Waals surface area contributed by atoms with Crippen molar-refractivity contribution in [1.82, 2.24) is 30.3 Å². The summed E-state index contributed by atoms with van der Waals surface area (Å²) in [5, 5.41) is 12.7. The summed E-state index contributed by atoms with van der Waals surface area (Å²) >= 11 is 0. The monoisotopic (exact) mass is 645 g/mol. The normalized spacial score (nSPS) is 18.1. The van der Waals surface area contributed by atoms with E-state index in [2.05, 4.69) is 37.6 Å². The van der Waals surface area contributed by atoms with Crippen molar-refractivity contribution in [1.29, 1.82) is 0 Å². The first kappa shape index (κ1) is 33.9. The summed E-state index contributed by atoms with van der Waals surface area (Å²) < 4.78 is 11.8. The molecule has 4 heterocycles. The van der Waals surface area contributed by atoms with Gasteiger partial charge in [0.25, 0.3) is 5.91 Å². The molecule has 2 saturated heterocycles. The maximum Gasteiger partial charge on any atom is 0.274 e. The fourth-order valence-electron chi connectivity index (χ4n) is 6.16. The van der Waals surface area contributed by atoms with Crippen molar-refractivity contribution >= 4 is 23.4 Å². The Hall–Kier alpha value is -4.45. The fourth-order valence-corrected chi connectivity index (χ4v) is 6.16. The van der Waals surface area contributed by atoms with Crippen LogP contribution in [0.25, 0.3) is 11.4 Å². The Morgan fingerprint density at radius 3 is 2.51 bits per heavy atom. The van der Waals surface area contributed by atoms with Crippen molar-refractivity contribution in [2.24, 2.45) is 5.41 Å². The summed E-state index contributed by atoms with van der Waals surface area (Å²) in [5.74, 6) is 0.705. The lowest BCUT2D eigenvalue weighted by Gasteiger charge is -2.35. The molecule has 3 aromatic rings. The molecule has 2 aromatic heterocycles. The van der Waals surface area contributed by atoms with Crippen LogP contribution in [-0.4, -0.2) is 94.2 Å². The Balaban J connectivity index is 1.09. The van der Waals surface area contributed by atoms with Crippen LogP contribution < -0.4 is 20.1 Å². The van der Waals surface area contributed by atoms with Crippen molar-refractivity contribution in [3.63, 3.8) is 0 Å². The maximum atomic E-state index is 13.3. The highest BCUT2D eigenvalue weighted by Crippen LogP contribution is 2.31. The minimum absolute atomic E-state index is 0.0185. The lowest BCUT2D eigenvalue weighted by Crippen LogP contribution is -2.55. The van der Waals surface area contributed by atoms with E-state index in [1.165, 1.54) is 0 Å². The minimum Gasteiger partial charge on any atom is -0.494 e. The average molecular weight is 646 g/mol. The Kier molecular flexibility index (Phi) is 10.8. The minimum atomic E-state index is -0.540. The number of hydrogen-bond acceptors (Lipinski definition) is 8. The van der Waals surface area contributed by atoms with E-state index in [0.717, 1.165) is 51.0 Å². The molecular weight excluding hydrogens is 598 g/mol. The van der Waals surface area contributed by atoms with Gasteiger partial charge in [-0.15, -0.1) is 0 Å². The molecule has 2 aliphatic heterocycles. The number of pyridine rings is 1. The SMILES string of the molecule is COc1cc(OC2CCN(CCC(=O)NC(C(=O)N3CCCC3C)C(C)(C)C)CC2)ccc1NC(=O)c1cccc(-c2ccn[nH]2)n1. The summed E-state index contributed by atoms with van der Waals surface area (Å²) in [6, 6.07) is 12.0. The highest BCUT2D eigenvalue weighted by atomic mass is 16.5. The van der Waals surface area contributed by atoms with E-state index in [-0.39, 0.29) is 41.0 Å². The molecule has 2 fully saturated rings. The first-order valence-electron chi connectivity index (χ1n) is 16.5. The smallest absolute Gasteiger partial charge is 0.274 e. The largest absolute Gasteiger partial charge is 0.494 e. The topological polar surface area (TPSA) is 142 Å². The predicted molar refractivity (Wildman–Crippen MR) is 179 cm³/mol. The Morgan fingerprint density at radius 2 is 1.85 bits per heavy atom. The third-order valence-corrected chi connectivity index (χ3v) is 8.93. The quantitative estimate of drug-likeness (QED) is 0.277. The number of hydrogen-bond donors (Lipinski definition) is 3. The summed E-state index contributed by atoms with van der Waals surface area (Å²) in [6.07, 6.45) is 5.64. The third kappa shape index (κ3) is 8.68. The number of likely N-dealkylation sites (tertiary alicyclic amines) is 2. The van der Waals surface area contributed by atoms with E-state index >= 15 is 0 Å². The molecule has 3 amide bonds. The number of aromatic amines is 1. The van der Waals surface area contributed by atoms with E-state index in [9.17, 15) is 14.4 Å². The molecule has 3 N–H and O–H groups in total. The maximum absolute atomic E-state index is 13.3. The molecule has 12 nitrogen and oxygen atoms in total. The van der Waals surface area contributed by atoms with Crippen LogP contribution in [0.15, 0.2) is 48.7 Å². The van der Waals surface area contributed by atoms with Gasteiger partial charge in [0.05, 0.1) is 24.2 Å². The second kappa shape index (κ2) is 15.0. The van der Waals surface area contributed by atoms with Crippen LogP contribution in [0, 0.1) is 5.41 Å². The first-order chi connectivity index (χ1) is 22.5. The van der Waals surface area contributed by atoms with Crippen LogP contribution in [0.1, 0.15) is 70.3 Å². The standard InChI is InChI=1S/C35H47N7O5/c1-23-8-7-18-42(23)34(45)32(35(2,3)4)39-31(43)16-21-41-19-14-24(15-20-41)47-25-11-12-28(30(22-25)46-5)38-33(44)29-10-6-9-26(37-29)27-13-17-36-40-27/h6,9-13,17,22-24,32H,7-8,14-16,18-21H2,1-5H3,(H,36,40)(H,38,44)(H,39,43). The van der Waals surface area contributed by atoms with E-state index in [0.29, 0.717) is 35.8 Å². The van der Waals surface area contributed by atoms with Crippen LogP contribution in [0.3, 0.4) is 0 Å². The molecule has 12 heteroatoms. The zero-order valence-electron chi connectivity index (χ0n) is 28.0. The highest BCUT2D eigenvalue weighted by molar-refractivity contribution is 6.04. The van der Waals surface area contributed by atoms with Gasteiger partial charge in [-0.1, -0.05) is 26.8 Å². The number of aromatic nitrogens is 3. The number of anilines is 1. The number of ether oxygens (including phenoxy) is 2. The second-order valence-electron chi connectivity index (χ2n) is 13.5. The number of nitrogens with one attached hydrogen (secondary N) is 3. The van der Waals surface area contributed by atoms with Crippen molar-refractivity contribution in [3.05, 3.63) is 54.4 Å². The zero-order chi connectivity index (χ0) is 33.6. The number of H-pyrrole nitrogens is 1. The van der Waals surface area contributed by atoms with E-state index in [1.807, 2.05) is 31.7 Å². The summed E-state index contributed by atoms with van der Waals surface area (Å²) in [7, 11) is 1.55. The molecule has 0 spiro atoms. The van der Waals surface area contributed by atoms with Crippen LogP contribution >= 0.6 is 0 Å². The van der Waals surface area contributed by atoms with Gasteiger partial charge in [-0.05, 0) is 68.4 Å². The third-order valence-electron chi connectivity index (χ3n) is 8.93. The first-order valence-corrected chi connectivity index (χ1v) is 16.5. The van der Waals surface area contributed by atoms with Gasteiger partial charge in [0.2, 0.25) is 11.8 Å². The zero-order valence-corrected chi connectivity index (χ0v) is 28.0. The van der Waals surface area contributed by atoms with E-state index in [1.54, 1.807) is 49.7 Å². The number of rotatable bonds is 11. The van der Waals surface area contributed by atoms with E-state index < -0.39 is 6.04 Å². The van der Waals surface area contributed by atoms with E-state index in [4.69, 9.17) is 9.47 Å². The van der Waals surface area contributed by atoms with Gasteiger partial charge < -0.3 is 29.9 Å². The molecule has 0 saturated carbocycles. The van der Waals surface area contributed by atoms with Crippen LogP contribution in [0.5, 0.6) is 11.5 Å². The lowest BCUT2D eigenvalue weighted by molar-refractivity contribution is -0.140. The number of piperidine rings is 1. The van der Waals surface area contributed by atoms with Gasteiger partial charge in [-0.25, -0.2) is 4.98 Å². The second-order valence-corrected chi connectivity index (χ2v) is 13.5. The molecule has 2 aliphatic rings. The summed E-state index contributed by atoms with van der Waals surface area (Å²) in [4.78, 5) is 47.9. The number of benzene rings is 1. The molecular formula is C35H47N7O5. The van der Waals surface area contributed by atoms with Crippen molar-refractivity contribution in [2.45, 2.75) is 78.0 Å². The highest BCUT2D eigenvalue weighted by Gasteiger charge is 2.38. The Bertz CT molecular complexity index is 1530. The number of carbonyl (C=O) groups is 3. The van der Waals surface area contributed by atoms with Crippen molar-refractivity contribution in [3.8, 4) is 22.9 Å². The Labute approximate surface area is 276 Å². The van der Waals surface area contributed by atoms with Gasteiger partial charge in [-0.2, -0.15) is 5.10 Å². The van der Waals surface area contributed by atoms with Crippen LogP contribution in [-0.2, 0) is 9.59 Å². The van der Waals surface area contributed by atoms with Gasteiger partial charge in [0.15, 0.2) is 0 Å². The lowest BCUT2D eigenvalue weighted by atomic mass is 9.85. The molecule has 47 heavy (non-hydrogen) atoms. The molecule has 0 radical (unpaired) electrons. The fraction of sp³-hybridized carbons (Fsp3) is 0.514. The molecule has 1 aromatic carbocycles. The summed E-state index contributed by atoms with van der Waals surface area (Å²) in [6.45, 7) is 11.1. The molecule has 2 atom stereocenters. The van der Waals surface area contributed by atoms with Crippen LogP contribution in [0.2, 0.25) is 0 Å². The number of amides is 3. The van der Waals surface area contributed by atoms with Crippen LogP contribution in [0.4, 0.5) is 5.69 Å². The number of carbonyl (C=O) groups excluding carboxylic acids is 3. The molecule has 0 bridgehead atoms. The van der Waals surface area contributed by atoms with Crippen molar-refractivity contribution in [2.75, 3.05) is 38.6 Å². The number of nitrogens with zero attached hydrogens (tertiary/aromatic N) is 4. The van der Waals surface area contributed by atoms with Gasteiger partial charge in [0, 0.05) is 50.9 Å². The predicted octanol–water partition coefficient (Wildman–Crippen LogP) is 4.51. The Morgan fingerprint density at radius 1 is 1.06 bits per heavy atom. The van der Waals surface area contributed by atoms with Gasteiger partial charge in [0.1, 0.15) is 29.3 Å². The van der Waals surface area contributed by atoms with Gasteiger partial charge in [-0.3, -0.25) is 19.5 Å². The molecule has 252 valence electrons. The molecule has 5 rings (SSSR count). The average Bonchev–Trinajstić information content (AvgIpc) is 3.76. The molecule has 0 aliphatic carbocycles. The number of methoxy groups -OCH3 is 1. The van der Waals surface area contributed by atoms with Crippen molar-refractivity contribution < 1.29 is 23.9 Å². The van der Waals surface area contributed by atoms with Gasteiger partial charge >= 0.3 is 0 Å². The summed E-state index contributed by atoms with van der Waals surface area (Å²) in [5.41, 5.74) is 1.75.